The maximum absolute atomic E-state index is 11.5. The molecule has 0 saturated carbocycles. The first-order valence-corrected chi connectivity index (χ1v) is 8.73. The molecule has 0 aromatic heterocycles. The summed E-state index contributed by atoms with van der Waals surface area (Å²) < 4.78 is 28.8. The highest BCUT2D eigenvalue weighted by Gasteiger charge is 2.30. The Hall–Kier alpha value is -0.130. The van der Waals surface area contributed by atoms with Crippen molar-refractivity contribution in [3.05, 3.63) is 0 Å². The lowest BCUT2D eigenvalue weighted by atomic mass is 9.93. The molecule has 1 saturated heterocycles. The molecule has 1 aliphatic heterocycles. The summed E-state index contributed by atoms with van der Waals surface area (Å²) in [5.41, 5.74) is 0. The van der Waals surface area contributed by atoms with Crippen LogP contribution in [0, 0.1) is 11.8 Å². The SMILES string of the molecule is CCS(=O)(=O)C[C@H](C)NC[C@H]1CCO[C@@H]1C(C)C. The van der Waals surface area contributed by atoms with Crippen molar-refractivity contribution in [1.29, 1.82) is 0 Å². The number of sulfone groups is 1. The molecule has 1 fully saturated rings. The summed E-state index contributed by atoms with van der Waals surface area (Å²) in [6.07, 6.45) is 1.38. The van der Waals surface area contributed by atoms with Gasteiger partial charge in [-0.2, -0.15) is 0 Å². The fraction of sp³-hybridized carbons (Fsp3) is 1.00. The predicted molar refractivity (Wildman–Crippen MR) is 74.5 cm³/mol. The van der Waals surface area contributed by atoms with E-state index in [0.29, 0.717) is 17.9 Å². The van der Waals surface area contributed by atoms with E-state index in [2.05, 4.69) is 19.2 Å². The second-order valence-corrected chi connectivity index (χ2v) is 8.03. The third kappa shape index (κ3) is 4.86. The highest BCUT2D eigenvalue weighted by atomic mass is 32.2. The van der Waals surface area contributed by atoms with Gasteiger partial charge in [0.15, 0.2) is 9.84 Å². The zero-order chi connectivity index (χ0) is 13.8. The lowest BCUT2D eigenvalue weighted by Crippen LogP contribution is -2.39. The molecular weight excluding hydrogens is 250 g/mol. The van der Waals surface area contributed by atoms with Gasteiger partial charge in [0.05, 0.1) is 11.9 Å². The minimum Gasteiger partial charge on any atom is -0.378 e. The second-order valence-electron chi connectivity index (χ2n) is 5.64. The van der Waals surface area contributed by atoms with Gasteiger partial charge in [-0.05, 0) is 25.2 Å². The Morgan fingerprint density at radius 2 is 2.00 bits per heavy atom. The highest BCUT2D eigenvalue weighted by molar-refractivity contribution is 7.91. The summed E-state index contributed by atoms with van der Waals surface area (Å²) in [5.74, 6) is 1.48. The molecule has 0 aromatic rings. The quantitative estimate of drug-likeness (QED) is 0.765. The molecule has 0 spiro atoms. The van der Waals surface area contributed by atoms with Gasteiger partial charge >= 0.3 is 0 Å². The van der Waals surface area contributed by atoms with Gasteiger partial charge in [0.25, 0.3) is 0 Å². The highest BCUT2D eigenvalue weighted by Crippen LogP contribution is 2.26. The molecule has 0 bridgehead atoms. The molecule has 4 nitrogen and oxygen atoms in total. The maximum Gasteiger partial charge on any atom is 0.151 e. The third-order valence-corrected chi connectivity index (χ3v) is 5.48. The monoisotopic (exact) mass is 277 g/mol. The molecule has 1 N–H and O–H groups in total. The minimum atomic E-state index is -2.89. The number of nitrogens with one attached hydrogen (secondary N) is 1. The van der Waals surface area contributed by atoms with Crippen LogP contribution in [0.3, 0.4) is 0 Å². The Labute approximate surface area is 111 Å². The Morgan fingerprint density at radius 3 is 2.56 bits per heavy atom. The van der Waals surface area contributed by atoms with Crippen LogP contribution < -0.4 is 5.32 Å². The van der Waals surface area contributed by atoms with Crippen LogP contribution in [-0.2, 0) is 14.6 Å². The summed E-state index contributed by atoms with van der Waals surface area (Å²) in [4.78, 5) is 0. The van der Waals surface area contributed by atoms with Gasteiger partial charge in [-0.3, -0.25) is 0 Å². The average molecular weight is 277 g/mol. The molecule has 0 amide bonds. The number of rotatable bonds is 7. The van der Waals surface area contributed by atoms with E-state index >= 15 is 0 Å². The fourth-order valence-electron chi connectivity index (χ4n) is 2.52. The fourth-order valence-corrected chi connectivity index (χ4v) is 3.64. The van der Waals surface area contributed by atoms with Gasteiger partial charge in [0.2, 0.25) is 0 Å². The van der Waals surface area contributed by atoms with Crippen molar-refractivity contribution < 1.29 is 13.2 Å². The van der Waals surface area contributed by atoms with Gasteiger partial charge in [-0.25, -0.2) is 8.42 Å². The Morgan fingerprint density at radius 1 is 1.33 bits per heavy atom. The predicted octanol–water partition coefficient (Wildman–Crippen LogP) is 1.46. The number of ether oxygens (including phenoxy) is 1. The molecule has 1 heterocycles. The zero-order valence-corrected chi connectivity index (χ0v) is 12.8. The van der Waals surface area contributed by atoms with E-state index in [0.717, 1.165) is 19.6 Å². The Kier molecular flexibility index (Phi) is 6.08. The van der Waals surface area contributed by atoms with Crippen molar-refractivity contribution >= 4 is 9.84 Å². The van der Waals surface area contributed by atoms with Crippen LogP contribution in [0.4, 0.5) is 0 Å². The van der Waals surface area contributed by atoms with E-state index < -0.39 is 9.84 Å². The summed E-state index contributed by atoms with van der Waals surface area (Å²) in [6, 6.07) is 0.0170. The summed E-state index contributed by atoms with van der Waals surface area (Å²) in [5, 5.41) is 3.34. The van der Waals surface area contributed by atoms with E-state index in [4.69, 9.17) is 4.74 Å². The van der Waals surface area contributed by atoms with Crippen molar-refractivity contribution in [2.75, 3.05) is 24.7 Å². The van der Waals surface area contributed by atoms with Gasteiger partial charge in [0, 0.05) is 24.9 Å². The van der Waals surface area contributed by atoms with E-state index in [1.54, 1.807) is 6.92 Å². The lowest BCUT2D eigenvalue weighted by molar-refractivity contribution is 0.0536. The zero-order valence-electron chi connectivity index (χ0n) is 12.0. The number of hydrogen-bond donors (Lipinski definition) is 1. The largest absolute Gasteiger partial charge is 0.378 e. The first-order chi connectivity index (χ1) is 8.35. The molecule has 0 aliphatic carbocycles. The Balaban J connectivity index is 2.36. The summed E-state index contributed by atoms with van der Waals surface area (Å²) in [7, 11) is -2.89. The smallest absolute Gasteiger partial charge is 0.151 e. The van der Waals surface area contributed by atoms with Crippen LogP contribution >= 0.6 is 0 Å². The van der Waals surface area contributed by atoms with Crippen molar-refractivity contribution in [2.45, 2.75) is 46.3 Å². The molecule has 3 atom stereocenters. The molecule has 5 heteroatoms. The van der Waals surface area contributed by atoms with Gasteiger partial charge < -0.3 is 10.1 Å². The molecular formula is C13H27NO3S. The molecule has 1 rings (SSSR count). The van der Waals surface area contributed by atoms with Crippen molar-refractivity contribution in [1.82, 2.24) is 5.32 Å². The molecule has 0 aromatic carbocycles. The van der Waals surface area contributed by atoms with Crippen LogP contribution in [0.5, 0.6) is 0 Å². The van der Waals surface area contributed by atoms with Gasteiger partial charge in [0.1, 0.15) is 0 Å². The summed E-state index contributed by atoms with van der Waals surface area (Å²) in [6.45, 7) is 9.66. The van der Waals surface area contributed by atoms with Crippen molar-refractivity contribution in [2.24, 2.45) is 11.8 Å². The first kappa shape index (κ1) is 15.9. The first-order valence-electron chi connectivity index (χ1n) is 6.91. The normalized spacial score (nSPS) is 26.7. The average Bonchev–Trinajstić information content (AvgIpc) is 2.74. The summed E-state index contributed by atoms with van der Waals surface area (Å²) >= 11 is 0. The van der Waals surface area contributed by atoms with Crippen molar-refractivity contribution in [3.8, 4) is 0 Å². The van der Waals surface area contributed by atoms with Gasteiger partial charge in [-0.1, -0.05) is 20.8 Å². The molecule has 0 unspecified atom stereocenters. The van der Waals surface area contributed by atoms with E-state index in [9.17, 15) is 8.42 Å². The minimum absolute atomic E-state index is 0.0170. The molecule has 1 aliphatic rings. The van der Waals surface area contributed by atoms with Crippen LogP contribution in [0.1, 0.15) is 34.1 Å². The van der Waals surface area contributed by atoms with Crippen LogP contribution in [0.15, 0.2) is 0 Å². The van der Waals surface area contributed by atoms with E-state index in [1.165, 1.54) is 0 Å². The molecule has 18 heavy (non-hydrogen) atoms. The van der Waals surface area contributed by atoms with Crippen LogP contribution in [0.25, 0.3) is 0 Å². The topological polar surface area (TPSA) is 55.4 Å². The molecule has 108 valence electrons. The maximum atomic E-state index is 11.5. The Bertz CT molecular complexity index is 340. The van der Waals surface area contributed by atoms with Crippen LogP contribution in [0.2, 0.25) is 0 Å². The van der Waals surface area contributed by atoms with E-state index in [-0.39, 0.29) is 17.5 Å². The number of hydrogen-bond acceptors (Lipinski definition) is 4. The van der Waals surface area contributed by atoms with Crippen LogP contribution in [-0.4, -0.2) is 45.2 Å². The van der Waals surface area contributed by atoms with Crippen molar-refractivity contribution in [3.63, 3.8) is 0 Å². The molecule has 0 radical (unpaired) electrons. The van der Waals surface area contributed by atoms with Gasteiger partial charge in [-0.15, -0.1) is 0 Å². The third-order valence-electron chi connectivity index (χ3n) is 3.59. The lowest BCUT2D eigenvalue weighted by Gasteiger charge is -2.24. The van der Waals surface area contributed by atoms with E-state index in [1.807, 2.05) is 6.92 Å². The standard InChI is InChI=1S/C13H27NO3S/c1-5-18(15,16)9-11(4)14-8-12-6-7-17-13(12)10(2)3/h10-14H,5-9H2,1-4H3/t11-,12+,13+/m0/s1. The second kappa shape index (κ2) is 6.87.